The first kappa shape index (κ1) is 17.1. The Balaban J connectivity index is 2.34. The van der Waals surface area contributed by atoms with Crippen LogP contribution in [0.15, 0.2) is 18.3 Å². The quantitative estimate of drug-likeness (QED) is 0.826. The Morgan fingerprint density at radius 3 is 2.48 bits per heavy atom. The predicted molar refractivity (Wildman–Crippen MR) is 83.0 cm³/mol. The summed E-state index contributed by atoms with van der Waals surface area (Å²) in [5.74, 6) is -0.124. The van der Waals surface area contributed by atoms with Crippen LogP contribution in [0.5, 0.6) is 0 Å². The van der Waals surface area contributed by atoms with Gasteiger partial charge in [0.05, 0.1) is 0 Å². The maximum atomic E-state index is 11.8. The van der Waals surface area contributed by atoms with Gasteiger partial charge in [0.1, 0.15) is 6.04 Å². The SMILES string of the molecule is C[C@H](NC(=O)N[C@@H](C)CCc1cccn1C)C(=O)N(C)C. The molecule has 21 heavy (non-hydrogen) atoms. The molecule has 2 N–H and O–H groups in total. The lowest BCUT2D eigenvalue weighted by Crippen LogP contribution is -2.49. The van der Waals surface area contributed by atoms with Gasteiger partial charge in [0, 0.05) is 39.1 Å². The van der Waals surface area contributed by atoms with Crippen LogP contribution in [0.3, 0.4) is 0 Å². The van der Waals surface area contributed by atoms with E-state index in [1.807, 2.05) is 26.2 Å². The van der Waals surface area contributed by atoms with Crippen molar-refractivity contribution in [2.45, 2.75) is 38.8 Å². The number of nitrogens with zero attached hydrogens (tertiary/aromatic N) is 2. The van der Waals surface area contributed by atoms with Crippen molar-refractivity contribution in [2.24, 2.45) is 7.05 Å². The molecule has 0 aliphatic rings. The van der Waals surface area contributed by atoms with E-state index in [0.29, 0.717) is 0 Å². The van der Waals surface area contributed by atoms with E-state index in [1.165, 1.54) is 10.6 Å². The van der Waals surface area contributed by atoms with Crippen LogP contribution in [0.2, 0.25) is 0 Å². The molecule has 0 aliphatic heterocycles. The standard InChI is InChI=1S/C15H26N4O2/c1-11(8-9-13-7-6-10-19(13)5)16-15(21)17-12(2)14(20)18(3)4/h6-7,10-12H,8-9H2,1-5H3,(H2,16,17,21)/t11-,12-/m0/s1. The molecule has 118 valence electrons. The number of carbonyl (C=O) groups excluding carboxylic acids is 2. The molecular weight excluding hydrogens is 268 g/mol. The Kier molecular flexibility index (Phi) is 6.27. The highest BCUT2D eigenvalue weighted by Gasteiger charge is 2.17. The third kappa shape index (κ3) is 5.49. The summed E-state index contributed by atoms with van der Waals surface area (Å²) in [4.78, 5) is 24.9. The number of nitrogens with one attached hydrogen (secondary N) is 2. The minimum absolute atomic E-state index is 0.0431. The van der Waals surface area contributed by atoms with E-state index < -0.39 is 6.04 Å². The maximum absolute atomic E-state index is 11.8. The topological polar surface area (TPSA) is 66.4 Å². The van der Waals surface area contributed by atoms with Gasteiger partial charge < -0.3 is 20.1 Å². The lowest BCUT2D eigenvalue weighted by Gasteiger charge is -2.20. The molecule has 6 nitrogen and oxygen atoms in total. The van der Waals surface area contributed by atoms with E-state index in [-0.39, 0.29) is 18.0 Å². The molecule has 0 saturated carbocycles. The van der Waals surface area contributed by atoms with Crippen LogP contribution in [0, 0.1) is 0 Å². The van der Waals surface area contributed by atoms with Gasteiger partial charge >= 0.3 is 6.03 Å². The Morgan fingerprint density at radius 1 is 1.29 bits per heavy atom. The van der Waals surface area contributed by atoms with Gasteiger partial charge in [0.2, 0.25) is 5.91 Å². The molecule has 0 radical (unpaired) electrons. The van der Waals surface area contributed by atoms with E-state index in [2.05, 4.69) is 21.3 Å². The van der Waals surface area contributed by atoms with Crippen molar-refractivity contribution in [1.82, 2.24) is 20.1 Å². The number of hydrogen-bond donors (Lipinski definition) is 2. The van der Waals surface area contributed by atoms with Crippen LogP contribution >= 0.6 is 0 Å². The van der Waals surface area contributed by atoms with Gasteiger partial charge in [-0.2, -0.15) is 0 Å². The van der Waals surface area contributed by atoms with Crippen LogP contribution in [-0.4, -0.2) is 47.6 Å². The number of aromatic nitrogens is 1. The molecule has 1 aromatic heterocycles. The van der Waals surface area contributed by atoms with Gasteiger partial charge in [-0.25, -0.2) is 4.79 Å². The van der Waals surface area contributed by atoms with Gasteiger partial charge in [-0.15, -0.1) is 0 Å². The summed E-state index contributed by atoms with van der Waals surface area (Å²) < 4.78 is 2.07. The summed E-state index contributed by atoms with van der Waals surface area (Å²) in [7, 11) is 5.34. The second-order valence-corrected chi connectivity index (χ2v) is 5.62. The van der Waals surface area contributed by atoms with Crippen LogP contribution in [0.4, 0.5) is 4.79 Å². The minimum Gasteiger partial charge on any atom is -0.354 e. The normalized spacial score (nSPS) is 13.4. The summed E-state index contributed by atoms with van der Waals surface area (Å²) in [5, 5.41) is 5.51. The molecule has 2 atom stereocenters. The van der Waals surface area contributed by atoms with E-state index in [0.717, 1.165) is 12.8 Å². The molecule has 1 heterocycles. The molecule has 0 spiro atoms. The van der Waals surface area contributed by atoms with Crippen molar-refractivity contribution < 1.29 is 9.59 Å². The second kappa shape index (κ2) is 7.71. The van der Waals surface area contributed by atoms with Gasteiger partial charge in [0.25, 0.3) is 0 Å². The number of urea groups is 1. The van der Waals surface area contributed by atoms with E-state index in [1.54, 1.807) is 21.0 Å². The summed E-state index contributed by atoms with van der Waals surface area (Å²) >= 11 is 0. The fraction of sp³-hybridized carbons (Fsp3) is 0.600. The van der Waals surface area contributed by atoms with Crippen molar-refractivity contribution >= 4 is 11.9 Å². The fourth-order valence-corrected chi connectivity index (χ4v) is 2.10. The Morgan fingerprint density at radius 2 is 1.95 bits per heavy atom. The molecule has 0 bridgehead atoms. The molecule has 1 aromatic rings. The molecule has 0 unspecified atom stereocenters. The van der Waals surface area contributed by atoms with Crippen molar-refractivity contribution in [3.63, 3.8) is 0 Å². The van der Waals surface area contributed by atoms with E-state index in [4.69, 9.17) is 0 Å². The molecule has 0 fully saturated rings. The second-order valence-electron chi connectivity index (χ2n) is 5.62. The minimum atomic E-state index is -0.528. The van der Waals surface area contributed by atoms with Crippen molar-refractivity contribution in [1.29, 1.82) is 0 Å². The van der Waals surface area contributed by atoms with Crippen LogP contribution in [0.1, 0.15) is 26.0 Å². The molecule has 1 rings (SSSR count). The highest BCUT2D eigenvalue weighted by Crippen LogP contribution is 2.05. The van der Waals surface area contributed by atoms with Crippen molar-refractivity contribution in [3.05, 3.63) is 24.0 Å². The van der Waals surface area contributed by atoms with Gasteiger partial charge in [-0.1, -0.05) is 0 Å². The zero-order valence-corrected chi connectivity index (χ0v) is 13.5. The van der Waals surface area contributed by atoms with E-state index in [9.17, 15) is 9.59 Å². The number of rotatable bonds is 6. The fourth-order valence-electron chi connectivity index (χ4n) is 2.10. The monoisotopic (exact) mass is 294 g/mol. The molecule has 0 aliphatic carbocycles. The van der Waals surface area contributed by atoms with Crippen LogP contribution in [0.25, 0.3) is 0 Å². The number of likely N-dealkylation sites (N-methyl/N-ethyl adjacent to an activating group) is 1. The molecule has 0 saturated heterocycles. The average molecular weight is 294 g/mol. The summed E-state index contributed by atoms with van der Waals surface area (Å²) in [6.45, 7) is 3.64. The highest BCUT2D eigenvalue weighted by atomic mass is 16.2. The number of hydrogen-bond acceptors (Lipinski definition) is 2. The Labute approximate surface area is 126 Å². The zero-order chi connectivity index (χ0) is 16.0. The molecule has 0 aromatic carbocycles. The summed E-state index contributed by atoms with van der Waals surface area (Å²) in [5.41, 5.74) is 1.24. The first-order valence-corrected chi connectivity index (χ1v) is 7.19. The van der Waals surface area contributed by atoms with Crippen LogP contribution < -0.4 is 10.6 Å². The average Bonchev–Trinajstić information content (AvgIpc) is 2.80. The number of aryl methyl sites for hydroxylation is 2. The maximum Gasteiger partial charge on any atom is 0.315 e. The highest BCUT2D eigenvalue weighted by molar-refractivity contribution is 5.86. The molecular formula is C15H26N4O2. The number of carbonyl (C=O) groups is 2. The molecule has 3 amide bonds. The zero-order valence-electron chi connectivity index (χ0n) is 13.5. The first-order valence-electron chi connectivity index (χ1n) is 7.19. The Hall–Kier alpha value is -1.98. The lowest BCUT2D eigenvalue weighted by molar-refractivity contribution is -0.130. The van der Waals surface area contributed by atoms with Crippen LogP contribution in [-0.2, 0) is 18.3 Å². The number of amides is 3. The third-order valence-electron chi connectivity index (χ3n) is 3.42. The Bertz CT molecular complexity index is 482. The summed E-state index contributed by atoms with van der Waals surface area (Å²) in [6.07, 6.45) is 3.76. The molecule has 6 heteroatoms. The largest absolute Gasteiger partial charge is 0.354 e. The smallest absolute Gasteiger partial charge is 0.315 e. The van der Waals surface area contributed by atoms with E-state index >= 15 is 0 Å². The third-order valence-corrected chi connectivity index (χ3v) is 3.42. The summed E-state index contributed by atoms with van der Waals surface area (Å²) in [6, 6.07) is 3.29. The van der Waals surface area contributed by atoms with Crippen molar-refractivity contribution in [2.75, 3.05) is 14.1 Å². The van der Waals surface area contributed by atoms with Crippen molar-refractivity contribution in [3.8, 4) is 0 Å². The lowest BCUT2D eigenvalue weighted by atomic mass is 10.1. The van der Waals surface area contributed by atoms with Gasteiger partial charge in [-0.3, -0.25) is 4.79 Å². The first-order chi connectivity index (χ1) is 9.81. The predicted octanol–water partition coefficient (Wildman–Crippen LogP) is 1.12. The van der Waals surface area contributed by atoms with Gasteiger partial charge in [0.15, 0.2) is 0 Å². The van der Waals surface area contributed by atoms with Gasteiger partial charge in [-0.05, 0) is 38.8 Å².